The molecule has 6 heteroatoms. The van der Waals surface area contributed by atoms with Crippen molar-refractivity contribution in [2.24, 2.45) is 5.92 Å². The normalized spacial score (nSPS) is 20.0. The van der Waals surface area contributed by atoms with Gasteiger partial charge in [0, 0.05) is 19.0 Å². The van der Waals surface area contributed by atoms with Crippen LogP contribution >= 0.6 is 0 Å². The lowest BCUT2D eigenvalue weighted by Crippen LogP contribution is -2.43. The van der Waals surface area contributed by atoms with E-state index in [1.54, 1.807) is 31.4 Å². The fourth-order valence-electron chi connectivity index (χ4n) is 2.93. The highest BCUT2D eigenvalue weighted by Gasteiger charge is 2.37. The highest BCUT2D eigenvalue weighted by Crippen LogP contribution is 2.33. The molecule has 0 bridgehead atoms. The minimum atomic E-state index is -3.33. The Balaban J connectivity index is 1.67. The van der Waals surface area contributed by atoms with Crippen molar-refractivity contribution in [2.45, 2.75) is 35.8 Å². The second-order valence-electron chi connectivity index (χ2n) is 6.02. The van der Waals surface area contributed by atoms with E-state index in [0.29, 0.717) is 36.6 Å². The van der Waals surface area contributed by atoms with Gasteiger partial charge in [-0.2, -0.15) is 0 Å². The van der Waals surface area contributed by atoms with E-state index in [9.17, 15) is 13.2 Å². The predicted octanol–water partition coefficient (Wildman–Crippen LogP) is 1.87. The van der Waals surface area contributed by atoms with Crippen molar-refractivity contribution in [3.05, 3.63) is 24.3 Å². The molecule has 0 unspecified atom stereocenters. The number of nitrogens with zero attached hydrogens (tertiary/aromatic N) is 1. The molecule has 0 spiro atoms. The number of hydrogen-bond donors (Lipinski definition) is 0. The number of methoxy groups -OCH3 is 1. The van der Waals surface area contributed by atoms with E-state index >= 15 is 0 Å². The summed E-state index contributed by atoms with van der Waals surface area (Å²) < 4.78 is 30.4. The average molecular weight is 323 g/mol. The van der Waals surface area contributed by atoms with E-state index in [0.717, 1.165) is 12.8 Å². The van der Waals surface area contributed by atoms with Gasteiger partial charge in [0.2, 0.25) is 5.91 Å². The second kappa shape index (κ2) is 5.91. The maximum Gasteiger partial charge on any atom is 0.225 e. The third kappa shape index (κ3) is 2.97. The highest BCUT2D eigenvalue weighted by molar-refractivity contribution is 7.92. The molecule has 1 aliphatic carbocycles. The first-order valence-electron chi connectivity index (χ1n) is 7.69. The summed E-state index contributed by atoms with van der Waals surface area (Å²) in [5.74, 6) is 1.05. The van der Waals surface area contributed by atoms with E-state index in [1.165, 1.54) is 0 Å². The Labute approximate surface area is 131 Å². The summed E-state index contributed by atoms with van der Waals surface area (Å²) in [6.45, 7) is 1.10. The number of piperidine rings is 1. The minimum Gasteiger partial charge on any atom is -0.497 e. The van der Waals surface area contributed by atoms with Crippen molar-refractivity contribution in [3.63, 3.8) is 0 Å². The summed E-state index contributed by atoms with van der Waals surface area (Å²) in [5.41, 5.74) is 0. The van der Waals surface area contributed by atoms with Crippen LogP contribution < -0.4 is 4.74 Å². The van der Waals surface area contributed by atoms with Crippen LogP contribution in [0.15, 0.2) is 29.2 Å². The van der Waals surface area contributed by atoms with Crippen molar-refractivity contribution < 1.29 is 17.9 Å². The number of carbonyl (C=O) groups excluding carboxylic acids is 1. The van der Waals surface area contributed by atoms with Crippen LogP contribution in [0.25, 0.3) is 0 Å². The molecular weight excluding hydrogens is 302 g/mol. The van der Waals surface area contributed by atoms with Gasteiger partial charge in [0.15, 0.2) is 9.84 Å². The van der Waals surface area contributed by atoms with E-state index in [2.05, 4.69) is 0 Å². The quantitative estimate of drug-likeness (QED) is 0.848. The molecule has 5 nitrogen and oxygen atoms in total. The molecule has 1 amide bonds. The SMILES string of the molecule is COc1ccc(S(=O)(=O)C2CCN(C(=O)C3CC3)CC2)cc1. The van der Waals surface area contributed by atoms with Gasteiger partial charge in [0.25, 0.3) is 0 Å². The van der Waals surface area contributed by atoms with Gasteiger partial charge in [-0.15, -0.1) is 0 Å². The largest absolute Gasteiger partial charge is 0.497 e. The van der Waals surface area contributed by atoms with Crippen LogP contribution in [0.4, 0.5) is 0 Å². The summed E-state index contributed by atoms with van der Waals surface area (Å²) in [6, 6.07) is 6.52. The van der Waals surface area contributed by atoms with Crippen LogP contribution in [0.5, 0.6) is 5.75 Å². The Hall–Kier alpha value is -1.56. The van der Waals surface area contributed by atoms with E-state index in [-0.39, 0.29) is 11.8 Å². The van der Waals surface area contributed by atoms with Crippen molar-refractivity contribution in [2.75, 3.05) is 20.2 Å². The molecule has 1 saturated heterocycles. The zero-order valence-corrected chi connectivity index (χ0v) is 13.5. The zero-order valence-electron chi connectivity index (χ0n) is 12.7. The van der Waals surface area contributed by atoms with Crippen LogP contribution in [0.1, 0.15) is 25.7 Å². The molecule has 3 rings (SSSR count). The van der Waals surface area contributed by atoms with Crippen molar-refractivity contribution in [1.82, 2.24) is 4.90 Å². The lowest BCUT2D eigenvalue weighted by atomic mass is 10.1. The summed E-state index contributed by atoms with van der Waals surface area (Å²) in [4.78, 5) is 14.2. The third-order valence-corrected chi connectivity index (χ3v) is 6.79. The number of rotatable bonds is 4. The summed E-state index contributed by atoms with van der Waals surface area (Å²) in [5, 5.41) is -0.399. The second-order valence-corrected chi connectivity index (χ2v) is 8.25. The van der Waals surface area contributed by atoms with Crippen molar-refractivity contribution >= 4 is 15.7 Å². The van der Waals surface area contributed by atoms with Crippen LogP contribution in [0, 0.1) is 5.92 Å². The first kappa shape index (κ1) is 15.3. The summed E-state index contributed by atoms with van der Waals surface area (Å²) >= 11 is 0. The van der Waals surface area contributed by atoms with Gasteiger partial charge in [0.1, 0.15) is 5.75 Å². The Kier molecular flexibility index (Phi) is 4.12. The third-order valence-electron chi connectivity index (χ3n) is 4.51. The first-order chi connectivity index (χ1) is 10.5. The number of ether oxygens (including phenoxy) is 1. The van der Waals surface area contributed by atoms with E-state index in [4.69, 9.17) is 4.74 Å². The number of benzene rings is 1. The van der Waals surface area contributed by atoms with Crippen molar-refractivity contribution in [3.8, 4) is 5.75 Å². The van der Waals surface area contributed by atoms with Crippen molar-refractivity contribution in [1.29, 1.82) is 0 Å². The standard InChI is InChI=1S/C16H21NO4S/c1-21-13-4-6-14(7-5-13)22(19,20)15-8-10-17(11-9-15)16(18)12-2-3-12/h4-7,12,15H,2-3,8-11H2,1H3. The molecule has 2 aliphatic rings. The van der Waals surface area contributed by atoms with Gasteiger partial charge in [-0.25, -0.2) is 8.42 Å². The maximum atomic E-state index is 12.7. The predicted molar refractivity (Wildman–Crippen MR) is 82.5 cm³/mol. The van der Waals surface area contributed by atoms with Crippen LogP contribution in [-0.4, -0.2) is 44.7 Å². The molecule has 1 aromatic carbocycles. The fourth-order valence-corrected chi connectivity index (χ4v) is 4.66. The Morgan fingerprint density at radius 1 is 1.09 bits per heavy atom. The number of hydrogen-bond acceptors (Lipinski definition) is 4. The number of sulfone groups is 1. The van der Waals surface area contributed by atoms with Gasteiger partial charge in [-0.3, -0.25) is 4.79 Å². The average Bonchev–Trinajstić information content (AvgIpc) is 3.39. The smallest absolute Gasteiger partial charge is 0.225 e. The van der Waals surface area contributed by atoms with Crippen LogP contribution in [-0.2, 0) is 14.6 Å². The number of amides is 1. The molecule has 1 aliphatic heterocycles. The first-order valence-corrected chi connectivity index (χ1v) is 9.24. The fraction of sp³-hybridized carbons (Fsp3) is 0.562. The molecular formula is C16H21NO4S. The van der Waals surface area contributed by atoms with Crippen LogP contribution in [0.2, 0.25) is 0 Å². The molecule has 120 valence electrons. The molecule has 0 atom stereocenters. The Morgan fingerprint density at radius 2 is 1.68 bits per heavy atom. The van der Waals surface area contributed by atoms with Gasteiger partial charge < -0.3 is 9.64 Å². The molecule has 1 aromatic rings. The topological polar surface area (TPSA) is 63.7 Å². The summed E-state index contributed by atoms with van der Waals surface area (Å²) in [6.07, 6.45) is 3.02. The van der Waals surface area contributed by atoms with Gasteiger partial charge >= 0.3 is 0 Å². The number of carbonyl (C=O) groups is 1. The van der Waals surface area contributed by atoms with E-state index < -0.39 is 15.1 Å². The molecule has 22 heavy (non-hydrogen) atoms. The monoisotopic (exact) mass is 323 g/mol. The van der Waals surface area contributed by atoms with Gasteiger partial charge in [-0.05, 0) is 49.9 Å². The van der Waals surface area contributed by atoms with Crippen LogP contribution in [0.3, 0.4) is 0 Å². The molecule has 2 fully saturated rings. The lowest BCUT2D eigenvalue weighted by Gasteiger charge is -2.32. The van der Waals surface area contributed by atoms with Gasteiger partial charge in [-0.1, -0.05) is 0 Å². The molecule has 0 aromatic heterocycles. The Morgan fingerprint density at radius 3 is 2.18 bits per heavy atom. The molecule has 0 N–H and O–H groups in total. The highest BCUT2D eigenvalue weighted by atomic mass is 32.2. The molecule has 0 radical (unpaired) electrons. The zero-order chi connectivity index (χ0) is 15.7. The Bertz CT molecular complexity index is 641. The minimum absolute atomic E-state index is 0.203. The molecule has 1 heterocycles. The molecule has 1 saturated carbocycles. The van der Waals surface area contributed by atoms with E-state index in [1.807, 2.05) is 4.90 Å². The van der Waals surface area contributed by atoms with Gasteiger partial charge in [0.05, 0.1) is 17.3 Å². The lowest BCUT2D eigenvalue weighted by molar-refractivity contribution is -0.133. The number of likely N-dealkylation sites (tertiary alicyclic amines) is 1. The maximum absolute atomic E-state index is 12.7. The summed E-state index contributed by atoms with van der Waals surface area (Å²) in [7, 11) is -1.78.